The number of hydrogen-bond donors (Lipinski definition) is 0. The first-order chi connectivity index (χ1) is 12.8. The van der Waals surface area contributed by atoms with E-state index in [-0.39, 0.29) is 6.42 Å². The molecule has 0 amide bonds. The van der Waals surface area contributed by atoms with Gasteiger partial charge in [0.25, 0.3) is 0 Å². The predicted octanol–water partition coefficient (Wildman–Crippen LogP) is 4.25. The van der Waals surface area contributed by atoms with E-state index in [1.165, 1.54) is 7.11 Å². The third-order valence-corrected chi connectivity index (χ3v) is 3.81. The molecule has 0 fully saturated rings. The van der Waals surface area contributed by atoms with E-state index in [1.807, 2.05) is 30.3 Å². The molecule has 27 heavy (non-hydrogen) atoms. The zero-order chi connectivity index (χ0) is 19.9. The Morgan fingerprint density at radius 1 is 0.963 bits per heavy atom. The van der Waals surface area contributed by atoms with Crippen LogP contribution in [0.1, 0.15) is 44.2 Å². The number of methoxy groups -OCH3 is 1. The minimum atomic E-state index is -0.715. The fourth-order valence-electron chi connectivity index (χ4n) is 2.57. The third-order valence-electron chi connectivity index (χ3n) is 3.81. The van der Waals surface area contributed by atoms with Crippen molar-refractivity contribution in [1.29, 1.82) is 0 Å². The second-order valence-electron chi connectivity index (χ2n) is 7.21. The standard InChI is InChI=1S/C22H26O5/c1-22(2,3)27-20(23)14-19(21(24)25-4)17-10-12-18(13-11-17)26-15-16-8-6-5-7-9-16/h5-13,19H,14-15H2,1-4H3. The summed E-state index contributed by atoms with van der Waals surface area (Å²) in [6, 6.07) is 16.9. The van der Waals surface area contributed by atoms with E-state index < -0.39 is 23.5 Å². The molecule has 0 aliphatic heterocycles. The molecule has 0 aliphatic carbocycles. The van der Waals surface area contributed by atoms with E-state index in [0.717, 1.165) is 5.56 Å². The molecule has 0 heterocycles. The molecule has 0 aliphatic rings. The summed E-state index contributed by atoms with van der Waals surface area (Å²) in [7, 11) is 1.31. The molecule has 0 radical (unpaired) electrons. The second kappa shape index (κ2) is 9.21. The summed E-state index contributed by atoms with van der Waals surface area (Å²) in [4.78, 5) is 24.3. The van der Waals surface area contributed by atoms with Gasteiger partial charge in [0.1, 0.15) is 18.0 Å². The Labute approximate surface area is 160 Å². The quantitative estimate of drug-likeness (QED) is 0.682. The van der Waals surface area contributed by atoms with E-state index in [9.17, 15) is 9.59 Å². The van der Waals surface area contributed by atoms with E-state index in [0.29, 0.717) is 17.9 Å². The maximum absolute atomic E-state index is 12.1. The fraction of sp³-hybridized carbons (Fsp3) is 0.364. The van der Waals surface area contributed by atoms with Crippen molar-refractivity contribution >= 4 is 11.9 Å². The van der Waals surface area contributed by atoms with Crippen molar-refractivity contribution in [2.24, 2.45) is 0 Å². The van der Waals surface area contributed by atoms with Crippen LogP contribution in [0.3, 0.4) is 0 Å². The van der Waals surface area contributed by atoms with Crippen LogP contribution in [0.5, 0.6) is 5.75 Å². The van der Waals surface area contributed by atoms with Crippen molar-refractivity contribution in [2.45, 2.75) is 45.3 Å². The Hall–Kier alpha value is -2.82. The van der Waals surface area contributed by atoms with Crippen LogP contribution in [-0.4, -0.2) is 24.6 Å². The van der Waals surface area contributed by atoms with Crippen LogP contribution in [0.2, 0.25) is 0 Å². The molecule has 2 rings (SSSR count). The van der Waals surface area contributed by atoms with Gasteiger partial charge in [-0.25, -0.2) is 0 Å². The van der Waals surface area contributed by atoms with Crippen LogP contribution < -0.4 is 4.74 Å². The van der Waals surface area contributed by atoms with Crippen LogP contribution in [0, 0.1) is 0 Å². The largest absolute Gasteiger partial charge is 0.489 e. The molecule has 1 atom stereocenters. The fourth-order valence-corrected chi connectivity index (χ4v) is 2.57. The van der Waals surface area contributed by atoms with Gasteiger partial charge in [0.2, 0.25) is 0 Å². The molecule has 0 bridgehead atoms. The van der Waals surface area contributed by atoms with Crippen molar-refractivity contribution in [3.63, 3.8) is 0 Å². The van der Waals surface area contributed by atoms with Gasteiger partial charge in [-0.3, -0.25) is 9.59 Å². The minimum absolute atomic E-state index is 0.0752. The summed E-state index contributed by atoms with van der Waals surface area (Å²) in [5.74, 6) is -0.947. The molecule has 2 aromatic carbocycles. The molecule has 0 saturated heterocycles. The van der Waals surface area contributed by atoms with E-state index >= 15 is 0 Å². The lowest BCUT2D eigenvalue weighted by Crippen LogP contribution is -2.27. The first-order valence-electron chi connectivity index (χ1n) is 8.85. The van der Waals surface area contributed by atoms with Gasteiger partial charge in [0.05, 0.1) is 19.4 Å². The molecule has 1 unspecified atom stereocenters. The lowest BCUT2D eigenvalue weighted by atomic mass is 9.95. The lowest BCUT2D eigenvalue weighted by Gasteiger charge is -2.21. The Morgan fingerprint density at radius 3 is 2.15 bits per heavy atom. The van der Waals surface area contributed by atoms with Gasteiger partial charge in [-0.1, -0.05) is 42.5 Å². The molecular formula is C22H26O5. The minimum Gasteiger partial charge on any atom is -0.489 e. The zero-order valence-electron chi connectivity index (χ0n) is 16.2. The lowest BCUT2D eigenvalue weighted by molar-refractivity contribution is -0.158. The van der Waals surface area contributed by atoms with Gasteiger partial charge in [-0.15, -0.1) is 0 Å². The number of carbonyl (C=O) groups excluding carboxylic acids is 2. The highest BCUT2D eigenvalue weighted by atomic mass is 16.6. The van der Waals surface area contributed by atoms with Crippen molar-refractivity contribution in [3.05, 3.63) is 65.7 Å². The van der Waals surface area contributed by atoms with Crippen LogP contribution in [0.15, 0.2) is 54.6 Å². The molecule has 5 heteroatoms. The highest BCUT2D eigenvalue weighted by Crippen LogP contribution is 2.25. The number of carbonyl (C=O) groups is 2. The maximum Gasteiger partial charge on any atom is 0.313 e. The average molecular weight is 370 g/mol. The molecule has 5 nitrogen and oxygen atoms in total. The smallest absolute Gasteiger partial charge is 0.313 e. The molecule has 0 spiro atoms. The SMILES string of the molecule is COC(=O)C(CC(=O)OC(C)(C)C)c1ccc(OCc2ccccc2)cc1. The highest BCUT2D eigenvalue weighted by molar-refractivity contribution is 5.84. The van der Waals surface area contributed by atoms with Crippen LogP contribution in [0.25, 0.3) is 0 Å². The maximum atomic E-state index is 12.1. The first kappa shape index (κ1) is 20.5. The zero-order valence-corrected chi connectivity index (χ0v) is 16.2. The number of esters is 2. The van der Waals surface area contributed by atoms with E-state index in [4.69, 9.17) is 14.2 Å². The van der Waals surface area contributed by atoms with Crippen LogP contribution in [0.4, 0.5) is 0 Å². The molecule has 0 aromatic heterocycles. The third kappa shape index (κ3) is 6.77. The van der Waals surface area contributed by atoms with Crippen molar-refractivity contribution in [3.8, 4) is 5.75 Å². The average Bonchev–Trinajstić information content (AvgIpc) is 2.64. The Bertz CT molecular complexity index is 745. The topological polar surface area (TPSA) is 61.8 Å². The molecule has 0 N–H and O–H groups in total. The van der Waals surface area contributed by atoms with E-state index in [1.54, 1.807) is 45.0 Å². The first-order valence-corrected chi connectivity index (χ1v) is 8.85. The summed E-state index contributed by atoms with van der Waals surface area (Å²) >= 11 is 0. The summed E-state index contributed by atoms with van der Waals surface area (Å²) in [5, 5.41) is 0. The summed E-state index contributed by atoms with van der Waals surface area (Å²) in [6.45, 7) is 5.82. The number of benzene rings is 2. The van der Waals surface area contributed by atoms with Gasteiger partial charge in [-0.05, 0) is 44.0 Å². The summed E-state index contributed by atoms with van der Waals surface area (Å²) in [6.07, 6.45) is -0.0752. The number of hydrogen-bond acceptors (Lipinski definition) is 5. The Balaban J connectivity index is 2.05. The number of rotatable bonds is 7. The van der Waals surface area contributed by atoms with Crippen LogP contribution >= 0.6 is 0 Å². The summed E-state index contributed by atoms with van der Waals surface area (Å²) in [5.41, 5.74) is 1.14. The Kier molecular flexibility index (Phi) is 6.99. The monoisotopic (exact) mass is 370 g/mol. The van der Waals surface area contributed by atoms with Gasteiger partial charge < -0.3 is 14.2 Å². The van der Waals surface area contributed by atoms with Crippen LogP contribution in [-0.2, 0) is 25.7 Å². The second-order valence-corrected chi connectivity index (χ2v) is 7.21. The van der Waals surface area contributed by atoms with Crippen molar-refractivity contribution < 1.29 is 23.8 Å². The highest BCUT2D eigenvalue weighted by Gasteiger charge is 2.27. The molecule has 2 aromatic rings. The van der Waals surface area contributed by atoms with Crippen molar-refractivity contribution in [2.75, 3.05) is 7.11 Å². The van der Waals surface area contributed by atoms with Crippen molar-refractivity contribution in [1.82, 2.24) is 0 Å². The molecular weight excluding hydrogens is 344 g/mol. The van der Waals surface area contributed by atoms with E-state index in [2.05, 4.69) is 0 Å². The molecule has 144 valence electrons. The van der Waals surface area contributed by atoms with Gasteiger partial charge >= 0.3 is 11.9 Å². The van der Waals surface area contributed by atoms with Gasteiger partial charge in [0.15, 0.2) is 0 Å². The van der Waals surface area contributed by atoms with Gasteiger partial charge in [-0.2, -0.15) is 0 Å². The summed E-state index contributed by atoms with van der Waals surface area (Å²) < 4.78 is 15.9. The number of ether oxygens (including phenoxy) is 3. The molecule has 0 saturated carbocycles. The van der Waals surface area contributed by atoms with Gasteiger partial charge in [0, 0.05) is 0 Å². The normalized spacial score (nSPS) is 12.1. The predicted molar refractivity (Wildman–Crippen MR) is 102 cm³/mol. The Morgan fingerprint density at radius 2 is 1.59 bits per heavy atom.